The number of halogens is 1. The number of rotatable bonds is 3. The van der Waals surface area contributed by atoms with Gasteiger partial charge in [-0.3, -0.25) is 0 Å². The van der Waals surface area contributed by atoms with Crippen LogP contribution >= 0.6 is 15.9 Å². The van der Waals surface area contributed by atoms with Crippen molar-refractivity contribution in [2.24, 2.45) is 0 Å². The lowest BCUT2D eigenvalue weighted by atomic mass is 9.98. The van der Waals surface area contributed by atoms with Crippen LogP contribution in [-0.2, 0) is 0 Å². The van der Waals surface area contributed by atoms with Gasteiger partial charge in [0.05, 0.1) is 11.6 Å². The van der Waals surface area contributed by atoms with Gasteiger partial charge in [0.1, 0.15) is 11.5 Å². The van der Waals surface area contributed by atoms with E-state index in [4.69, 9.17) is 9.84 Å². The number of aliphatic hydroxyl groups excluding tert-OH is 1. The number of hydrogen-bond donors (Lipinski definition) is 2. The van der Waals surface area contributed by atoms with Gasteiger partial charge in [0.2, 0.25) is 0 Å². The largest absolute Gasteiger partial charge is 0.507 e. The number of phenols is 1. The molecule has 0 spiro atoms. The second kappa shape index (κ2) is 4.86. The minimum absolute atomic E-state index is 0.00572. The van der Waals surface area contributed by atoms with Crippen molar-refractivity contribution in [2.75, 3.05) is 13.7 Å². The molecule has 15 heavy (non-hydrogen) atoms. The molecule has 0 heterocycles. The smallest absolute Gasteiger partial charge is 0.139 e. The van der Waals surface area contributed by atoms with Crippen molar-refractivity contribution >= 4 is 15.9 Å². The highest BCUT2D eigenvalue weighted by molar-refractivity contribution is 9.10. The lowest BCUT2D eigenvalue weighted by molar-refractivity contribution is 0.270. The molecule has 0 aliphatic carbocycles. The first-order chi connectivity index (χ1) is 7.02. The summed E-state index contributed by atoms with van der Waals surface area (Å²) in [6.07, 6.45) is 0. The van der Waals surface area contributed by atoms with Crippen LogP contribution in [-0.4, -0.2) is 23.9 Å². The summed E-state index contributed by atoms with van der Waals surface area (Å²) in [4.78, 5) is 0. The SMILES string of the molecule is COc1c(Br)cc(C(C)CO)c(O)c1C. The van der Waals surface area contributed by atoms with Crippen LogP contribution in [0.5, 0.6) is 11.5 Å². The molecule has 0 radical (unpaired) electrons. The molecule has 0 aliphatic heterocycles. The van der Waals surface area contributed by atoms with Crippen LogP contribution in [0.3, 0.4) is 0 Å². The number of aromatic hydroxyl groups is 1. The first-order valence-corrected chi connectivity index (χ1v) is 5.49. The molecule has 1 aromatic rings. The zero-order valence-corrected chi connectivity index (χ0v) is 10.6. The van der Waals surface area contributed by atoms with Gasteiger partial charge in [-0.2, -0.15) is 0 Å². The van der Waals surface area contributed by atoms with Crippen molar-refractivity contribution in [1.29, 1.82) is 0 Å². The van der Waals surface area contributed by atoms with E-state index in [0.717, 1.165) is 10.0 Å². The van der Waals surface area contributed by atoms with E-state index in [0.29, 0.717) is 11.3 Å². The van der Waals surface area contributed by atoms with E-state index in [1.807, 2.05) is 6.92 Å². The molecular formula is C11H15BrO3. The van der Waals surface area contributed by atoms with Gasteiger partial charge in [-0.1, -0.05) is 6.92 Å². The van der Waals surface area contributed by atoms with E-state index < -0.39 is 0 Å². The maximum atomic E-state index is 9.92. The first kappa shape index (κ1) is 12.3. The number of ether oxygens (including phenoxy) is 1. The zero-order chi connectivity index (χ0) is 11.6. The highest BCUT2D eigenvalue weighted by Gasteiger charge is 2.17. The predicted octanol–water partition coefficient (Wildman–Crippen LogP) is 2.57. The Kier molecular flexibility index (Phi) is 3.99. The Balaban J connectivity index is 3.33. The van der Waals surface area contributed by atoms with Gasteiger partial charge in [0.15, 0.2) is 0 Å². The third kappa shape index (κ3) is 2.26. The summed E-state index contributed by atoms with van der Waals surface area (Å²) in [6, 6.07) is 1.78. The normalized spacial score (nSPS) is 12.6. The number of hydrogen-bond acceptors (Lipinski definition) is 3. The Morgan fingerprint density at radius 3 is 2.60 bits per heavy atom. The summed E-state index contributed by atoms with van der Waals surface area (Å²) in [5, 5.41) is 19.0. The Hall–Kier alpha value is -0.740. The van der Waals surface area contributed by atoms with Crippen molar-refractivity contribution in [3.8, 4) is 11.5 Å². The number of benzene rings is 1. The predicted molar refractivity (Wildman–Crippen MR) is 62.6 cm³/mol. The molecule has 2 N–H and O–H groups in total. The molecular weight excluding hydrogens is 260 g/mol. The fourth-order valence-electron chi connectivity index (χ4n) is 1.50. The lowest BCUT2D eigenvalue weighted by Crippen LogP contribution is -2.01. The van der Waals surface area contributed by atoms with E-state index in [1.54, 1.807) is 20.1 Å². The topological polar surface area (TPSA) is 49.7 Å². The van der Waals surface area contributed by atoms with Crippen LogP contribution in [0.2, 0.25) is 0 Å². The molecule has 84 valence electrons. The van der Waals surface area contributed by atoms with Crippen molar-refractivity contribution in [3.63, 3.8) is 0 Å². The average molecular weight is 275 g/mol. The van der Waals surface area contributed by atoms with Gasteiger partial charge in [-0.15, -0.1) is 0 Å². The molecule has 0 amide bonds. The standard InChI is InChI=1S/C11H15BrO3/c1-6(5-13)8-4-9(12)11(15-3)7(2)10(8)14/h4,6,13-14H,5H2,1-3H3. The number of phenolic OH excluding ortho intramolecular Hbond substituents is 1. The van der Waals surface area contributed by atoms with Gasteiger partial charge in [-0.25, -0.2) is 0 Å². The molecule has 1 aromatic carbocycles. The number of aliphatic hydroxyl groups is 1. The van der Waals surface area contributed by atoms with E-state index in [9.17, 15) is 5.11 Å². The van der Waals surface area contributed by atoms with E-state index in [2.05, 4.69) is 15.9 Å². The molecule has 1 rings (SSSR count). The summed E-state index contributed by atoms with van der Waals surface area (Å²) in [5.74, 6) is 0.726. The lowest BCUT2D eigenvalue weighted by Gasteiger charge is -2.16. The summed E-state index contributed by atoms with van der Waals surface area (Å²) in [7, 11) is 1.56. The van der Waals surface area contributed by atoms with E-state index in [-0.39, 0.29) is 18.3 Å². The molecule has 1 unspecified atom stereocenters. The van der Waals surface area contributed by atoms with Crippen LogP contribution in [0.1, 0.15) is 24.0 Å². The Morgan fingerprint density at radius 2 is 2.13 bits per heavy atom. The Morgan fingerprint density at radius 1 is 1.53 bits per heavy atom. The van der Waals surface area contributed by atoms with Crippen molar-refractivity contribution in [2.45, 2.75) is 19.8 Å². The van der Waals surface area contributed by atoms with Gasteiger partial charge in [0.25, 0.3) is 0 Å². The number of methoxy groups -OCH3 is 1. The maximum absolute atomic E-state index is 9.92. The van der Waals surface area contributed by atoms with E-state index >= 15 is 0 Å². The third-order valence-corrected chi connectivity index (χ3v) is 3.07. The summed E-state index contributed by atoms with van der Waals surface area (Å²) >= 11 is 3.37. The third-order valence-electron chi connectivity index (χ3n) is 2.48. The fraction of sp³-hybridized carbons (Fsp3) is 0.455. The minimum Gasteiger partial charge on any atom is -0.507 e. The fourth-order valence-corrected chi connectivity index (χ4v) is 2.20. The molecule has 0 bridgehead atoms. The Labute approximate surface area is 97.8 Å². The van der Waals surface area contributed by atoms with Crippen LogP contribution < -0.4 is 4.74 Å². The van der Waals surface area contributed by atoms with Gasteiger partial charge < -0.3 is 14.9 Å². The second-order valence-electron chi connectivity index (χ2n) is 3.54. The van der Waals surface area contributed by atoms with Gasteiger partial charge in [0, 0.05) is 23.7 Å². The summed E-state index contributed by atoms with van der Waals surface area (Å²) in [5.41, 5.74) is 1.41. The van der Waals surface area contributed by atoms with Gasteiger partial charge >= 0.3 is 0 Å². The summed E-state index contributed by atoms with van der Waals surface area (Å²) in [6.45, 7) is 3.64. The summed E-state index contributed by atoms with van der Waals surface area (Å²) < 4.78 is 5.94. The van der Waals surface area contributed by atoms with Crippen LogP contribution in [0.25, 0.3) is 0 Å². The molecule has 1 atom stereocenters. The first-order valence-electron chi connectivity index (χ1n) is 4.69. The van der Waals surface area contributed by atoms with Crippen LogP contribution in [0, 0.1) is 6.92 Å². The van der Waals surface area contributed by atoms with Crippen molar-refractivity contribution in [3.05, 3.63) is 21.7 Å². The Bertz CT molecular complexity index is 363. The molecule has 0 saturated carbocycles. The van der Waals surface area contributed by atoms with Crippen molar-refractivity contribution < 1.29 is 14.9 Å². The van der Waals surface area contributed by atoms with Crippen LogP contribution in [0.15, 0.2) is 10.5 Å². The quantitative estimate of drug-likeness (QED) is 0.891. The van der Waals surface area contributed by atoms with E-state index in [1.165, 1.54) is 0 Å². The molecule has 0 aliphatic rings. The molecule has 0 saturated heterocycles. The second-order valence-corrected chi connectivity index (χ2v) is 4.39. The molecule has 3 nitrogen and oxygen atoms in total. The highest BCUT2D eigenvalue weighted by atomic mass is 79.9. The molecule has 4 heteroatoms. The van der Waals surface area contributed by atoms with Gasteiger partial charge in [-0.05, 0) is 28.9 Å². The van der Waals surface area contributed by atoms with Crippen molar-refractivity contribution in [1.82, 2.24) is 0 Å². The highest BCUT2D eigenvalue weighted by Crippen LogP contribution is 2.40. The minimum atomic E-state index is -0.0918. The van der Waals surface area contributed by atoms with Crippen LogP contribution in [0.4, 0.5) is 0 Å². The molecule has 0 fully saturated rings. The average Bonchev–Trinajstić information content (AvgIpc) is 2.23. The zero-order valence-electron chi connectivity index (χ0n) is 9.04. The molecule has 0 aromatic heterocycles. The monoisotopic (exact) mass is 274 g/mol. The maximum Gasteiger partial charge on any atom is 0.139 e.